The van der Waals surface area contributed by atoms with Gasteiger partial charge in [0.2, 0.25) is 0 Å². The van der Waals surface area contributed by atoms with E-state index in [1.54, 1.807) is 0 Å². The average molecular weight is 271 g/mol. The molecule has 1 aromatic rings. The summed E-state index contributed by atoms with van der Waals surface area (Å²) in [5, 5.41) is 3.73. The number of hydrogen-bond acceptors (Lipinski definition) is 3. The van der Waals surface area contributed by atoms with E-state index in [1.807, 2.05) is 18.5 Å². The molecule has 0 aromatic carbocycles. The van der Waals surface area contributed by atoms with Gasteiger partial charge in [-0.25, -0.2) is 9.97 Å². The smallest absolute Gasteiger partial charge is 0.141 e. The minimum Gasteiger partial charge on any atom is -0.307 e. The van der Waals surface area contributed by atoms with Gasteiger partial charge in [0.1, 0.15) is 5.82 Å². The van der Waals surface area contributed by atoms with Crippen LogP contribution in [0.15, 0.2) is 18.5 Å². The molecule has 0 amide bonds. The van der Waals surface area contributed by atoms with E-state index in [0.717, 1.165) is 30.1 Å². The fourth-order valence-corrected chi connectivity index (χ4v) is 5.59. The topological polar surface area (TPSA) is 37.8 Å². The van der Waals surface area contributed by atoms with Crippen molar-refractivity contribution in [3.05, 3.63) is 24.3 Å². The maximum Gasteiger partial charge on any atom is 0.141 e. The molecule has 1 N–H and O–H groups in total. The molecule has 108 valence electrons. The summed E-state index contributed by atoms with van der Waals surface area (Å²) in [6.45, 7) is 3.21. The molecule has 4 bridgehead atoms. The van der Waals surface area contributed by atoms with Crippen molar-refractivity contribution in [3.63, 3.8) is 0 Å². The highest BCUT2D eigenvalue weighted by Gasteiger charge is 2.52. The van der Waals surface area contributed by atoms with Crippen LogP contribution in [0.2, 0.25) is 0 Å². The lowest BCUT2D eigenvalue weighted by Crippen LogP contribution is -2.54. The zero-order valence-corrected chi connectivity index (χ0v) is 12.4. The van der Waals surface area contributed by atoms with Gasteiger partial charge in [0, 0.05) is 18.4 Å². The van der Waals surface area contributed by atoms with E-state index >= 15 is 0 Å². The molecule has 1 unspecified atom stereocenters. The van der Waals surface area contributed by atoms with Crippen LogP contribution in [0.3, 0.4) is 0 Å². The Morgan fingerprint density at radius 2 is 1.65 bits per heavy atom. The van der Waals surface area contributed by atoms with E-state index in [9.17, 15) is 0 Å². The normalized spacial score (nSPS) is 40.0. The lowest BCUT2D eigenvalue weighted by atomic mass is 9.48. The van der Waals surface area contributed by atoms with Crippen LogP contribution in [0.1, 0.15) is 51.3 Å². The Morgan fingerprint density at radius 3 is 2.20 bits per heavy atom. The summed E-state index contributed by atoms with van der Waals surface area (Å²) in [6, 6.07) is 2.48. The third-order valence-corrected chi connectivity index (χ3v) is 6.19. The van der Waals surface area contributed by atoms with E-state index in [0.29, 0.717) is 11.5 Å². The van der Waals surface area contributed by atoms with Crippen LogP contribution in [-0.4, -0.2) is 16.0 Å². The highest BCUT2D eigenvalue weighted by atomic mass is 15.0. The minimum absolute atomic E-state index is 0.573. The molecular formula is C17H25N3. The van der Waals surface area contributed by atoms with E-state index in [1.165, 1.54) is 38.5 Å². The molecule has 3 nitrogen and oxygen atoms in total. The number of aromatic nitrogens is 2. The van der Waals surface area contributed by atoms with Crippen molar-refractivity contribution >= 4 is 0 Å². The number of hydrogen-bond donors (Lipinski definition) is 1. The molecular weight excluding hydrogens is 246 g/mol. The summed E-state index contributed by atoms with van der Waals surface area (Å²) in [7, 11) is 0. The third kappa shape index (κ3) is 2.16. The zero-order valence-electron chi connectivity index (χ0n) is 12.4. The lowest BCUT2D eigenvalue weighted by Gasteiger charge is -2.59. The van der Waals surface area contributed by atoms with E-state index in [-0.39, 0.29) is 0 Å². The Balaban J connectivity index is 1.44. The van der Waals surface area contributed by atoms with Gasteiger partial charge < -0.3 is 5.32 Å². The monoisotopic (exact) mass is 271 g/mol. The maximum absolute atomic E-state index is 4.32. The van der Waals surface area contributed by atoms with Crippen LogP contribution in [0.25, 0.3) is 0 Å². The summed E-state index contributed by atoms with van der Waals surface area (Å²) < 4.78 is 0. The second kappa shape index (κ2) is 4.80. The SMILES string of the molecule is CC(NCc1ncccn1)C12CC3CC(CC(C3)C1)C2. The Kier molecular flexibility index (Phi) is 3.06. The van der Waals surface area contributed by atoms with Gasteiger partial charge in [-0.15, -0.1) is 0 Å². The molecule has 4 saturated carbocycles. The number of rotatable bonds is 4. The van der Waals surface area contributed by atoms with Crippen LogP contribution in [-0.2, 0) is 6.54 Å². The van der Waals surface area contributed by atoms with E-state index in [4.69, 9.17) is 0 Å². The first kappa shape index (κ1) is 12.8. The van der Waals surface area contributed by atoms with Crippen LogP contribution in [0, 0.1) is 23.2 Å². The molecule has 1 heterocycles. The molecule has 0 spiro atoms. The summed E-state index contributed by atoms with van der Waals surface area (Å²) in [5.41, 5.74) is 0.573. The fraction of sp³-hybridized carbons (Fsp3) is 0.765. The zero-order chi connectivity index (χ0) is 13.6. The van der Waals surface area contributed by atoms with Gasteiger partial charge in [-0.1, -0.05) is 0 Å². The summed E-state index contributed by atoms with van der Waals surface area (Å²) >= 11 is 0. The summed E-state index contributed by atoms with van der Waals surface area (Å²) in [5.74, 6) is 4.00. The van der Waals surface area contributed by atoms with Crippen molar-refractivity contribution in [2.45, 2.75) is 58.0 Å². The molecule has 5 rings (SSSR count). The van der Waals surface area contributed by atoms with Crippen LogP contribution in [0.5, 0.6) is 0 Å². The molecule has 4 aliphatic rings. The van der Waals surface area contributed by atoms with Crippen LogP contribution >= 0.6 is 0 Å². The number of nitrogens with one attached hydrogen (secondary N) is 1. The molecule has 0 aliphatic heterocycles. The van der Waals surface area contributed by atoms with Crippen molar-refractivity contribution in [2.24, 2.45) is 23.2 Å². The second-order valence-electron chi connectivity index (χ2n) is 7.55. The highest BCUT2D eigenvalue weighted by molar-refractivity contribution is 5.05. The van der Waals surface area contributed by atoms with Crippen molar-refractivity contribution in [3.8, 4) is 0 Å². The summed E-state index contributed by atoms with van der Waals surface area (Å²) in [4.78, 5) is 8.65. The molecule has 4 fully saturated rings. The molecule has 3 heteroatoms. The fourth-order valence-electron chi connectivity index (χ4n) is 5.59. The van der Waals surface area contributed by atoms with Crippen molar-refractivity contribution in [1.29, 1.82) is 0 Å². The van der Waals surface area contributed by atoms with E-state index in [2.05, 4.69) is 22.2 Å². The van der Waals surface area contributed by atoms with Gasteiger partial charge >= 0.3 is 0 Å². The Hall–Kier alpha value is -0.960. The largest absolute Gasteiger partial charge is 0.307 e. The number of nitrogens with zero attached hydrogens (tertiary/aromatic N) is 2. The first-order valence-electron chi connectivity index (χ1n) is 8.23. The van der Waals surface area contributed by atoms with Crippen molar-refractivity contribution < 1.29 is 0 Å². The highest BCUT2D eigenvalue weighted by Crippen LogP contribution is 2.61. The first-order chi connectivity index (χ1) is 9.73. The Morgan fingerprint density at radius 1 is 1.10 bits per heavy atom. The Bertz CT molecular complexity index is 435. The average Bonchev–Trinajstić information content (AvgIpc) is 2.44. The lowest BCUT2D eigenvalue weighted by molar-refractivity contribution is -0.0707. The predicted molar refractivity (Wildman–Crippen MR) is 78.9 cm³/mol. The molecule has 0 saturated heterocycles. The third-order valence-electron chi connectivity index (χ3n) is 6.19. The summed E-state index contributed by atoms with van der Waals surface area (Å²) in [6.07, 6.45) is 12.6. The van der Waals surface area contributed by atoms with Crippen LogP contribution in [0.4, 0.5) is 0 Å². The minimum atomic E-state index is 0.573. The van der Waals surface area contributed by atoms with Crippen LogP contribution < -0.4 is 5.32 Å². The van der Waals surface area contributed by atoms with Gasteiger partial charge in [-0.3, -0.25) is 0 Å². The van der Waals surface area contributed by atoms with Crippen molar-refractivity contribution in [1.82, 2.24) is 15.3 Å². The predicted octanol–water partition coefficient (Wildman–Crippen LogP) is 3.17. The van der Waals surface area contributed by atoms with Gasteiger partial charge in [0.05, 0.1) is 6.54 Å². The molecule has 0 radical (unpaired) electrons. The second-order valence-corrected chi connectivity index (χ2v) is 7.55. The molecule has 1 atom stereocenters. The van der Waals surface area contributed by atoms with E-state index < -0.39 is 0 Å². The van der Waals surface area contributed by atoms with Gasteiger partial charge in [0.15, 0.2) is 0 Å². The maximum atomic E-state index is 4.32. The molecule has 4 aliphatic carbocycles. The molecule has 20 heavy (non-hydrogen) atoms. The standard InChI is InChI=1S/C17H25N3/c1-12(20-11-16-18-3-2-4-19-16)17-8-13-5-14(9-17)7-15(6-13)10-17/h2-4,12-15,20H,5-11H2,1H3. The van der Waals surface area contributed by atoms with Gasteiger partial charge in [0.25, 0.3) is 0 Å². The first-order valence-corrected chi connectivity index (χ1v) is 8.23. The quantitative estimate of drug-likeness (QED) is 0.914. The molecule has 1 aromatic heterocycles. The van der Waals surface area contributed by atoms with Crippen molar-refractivity contribution in [2.75, 3.05) is 0 Å². The Labute approximate surface area is 121 Å². The van der Waals surface area contributed by atoms with Gasteiger partial charge in [-0.05, 0) is 74.7 Å². The van der Waals surface area contributed by atoms with Gasteiger partial charge in [-0.2, -0.15) is 0 Å².